The van der Waals surface area contributed by atoms with Crippen LogP contribution in [0.3, 0.4) is 0 Å². The average molecular weight is 437 g/mol. The number of carbonyl (C=O) groups excluding carboxylic acids is 3. The molecule has 2 aromatic rings. The van der Waals surface area contributed by atoms with E-state index in [1.807, 2.05) is 24.3 Å². The van der Waals surface area contributed by atoms with E-state index in [9.17, 15) is 14.4 Å². The van der Waals surface area contributed by atoms with Gasteiger partial charge < -0.3 is 14.8 Å². The molecule has 0 saturated heterocycles. The fraction of sp³-hybridized carbons (Fsp3) is 0.320. The Morgan fingerprint density at radius 2 is 1.66 bits per heavy atom. The van der Waals surface area contributed by atoms with E-state index < -0.39 is 24.5 Å². The molecule has 3 amide bonds. The fourth-order valence-corrected chi connectivity index (χ4v) is 3.66. The third kappa shape index (κ3) is 6.70. The predicted molar refractivity (Wildman–Crippen MR) is 122 cm³/mol. The molecular formula is C25H28N2O5. The second kappa shape index (κ2) is 11.7. The quantitative estimate of drug-likeness (QED) is 0.390. The van der Waals surface area contributed by atoms with Gasteiger partial charge in [0.2, 0.25) is 0 Å². The van der Waals surface area contributed by atoms with E-state index in [0.29, 0.717) is 16.9 Å². The van der Waals surface area contributed by atoms with Crippen molar-refractivity contribution >= 4 is 29.6 Å². The molecule has 3 rings (SSSR count). The third-order valence-corrected chi connectivity index (χ3v) is 5.27. The third-order valence-electron chi connectivity index (χ3n) is 5.27. The predicted octanol–water partition coefficient (Wildman–Crippen LogP) is 3.94. The minimum absolute atomic E-state index is 0.0765. The Bertz CT molecular complexity index is 965. The maximum atomic E-state index is 12.8. The van der Waals surface area contributed by atoms with E-state index in [1.54, 1.807) is 43.5 Å². The summed E-state index contributed by atoms with van der Waals surface area (Å²) in [7, 11) is 1.55. The SMILES string of the molecule is COc1ccccc1C=C(C(=O)OCC(=O)NC(=O)NC1CCCCC1)c1ccccc1. The van der Waals surface area contributed by atoms with Crippen LogP contribution in [-0.2, 0) is 14.3 Å². The molecule has 0 spiro atoms. The first kappa shape index (κ1) is 23.1. The molecule has 7 heteroatoms. The summed E-state index contributed by atoms with van der Waals surface area (Å²) in [5, 5.41) is 5.02. The molecule has 1 aliphatic rings. The zero-order chi connectivity index (χ0) is 22.8. The normalized spacial score (nSPS) is 14.3. The van der Waals surface area contributed by atoms with E-state index in [0.717, 1.165) is 25.7 Å². The Hall–Kier alpha value is -3.61. The zero-order valence-electron chi connectivity index (χ0n) is 18.1. The lowest BCUT2D eigenvalue weighted by Crippen LogP contribution is -2.46. The summed E-state index contributed by atoms with van der Waals surface area (Å²) in [4.78, 5) is 37.0. The van der Waals surface area contributed by atoms with Crippen molar-refractivity contribution < 1.29 is 23.9 Å². The number of rotatable bonds is 7. The number of methoxy groups -OCH3 is 1. The fourth-order valence-electron chi connectivity index (χ4n) is 3.66. The molecule has 0 bridgehead atoms. The lowest BCUT2D eigenvalue weighted by molar-refractivity contribution is -0.142. The number of amides is 3. The lowest BCUT2D eigenvalue weighted by atomic mass is 9.96. The van der Waals surface area contributed by atoms with Crippen molar-refractivity contribution in [3.8, 4) is 5.75 Å². The van der Waals surface area contributed by atoms with Crippen molar-refractivity contribution in [2.24, 2.45) is 0 Å². The minimum atomic E-state index is -0.684. The molecule has 7 nitrogen and oxygen atoms in total. The number of nitrogens with one attached hydrogen (secondary N) is 2. The van der Waals surface area contributed by atoms with Crippen LogP contribution in [0.15, 0.2) is 54.6 Å². The van der Waals surface area contributed by atoms with Crippen LogP contribution < -0.4 is 15.4 Å². The van der Waals surface area contributed by atoms with Gasteiger partial charge in [-0.3, -0.25) is 10.1 Å². The number of hydrogen-bond acceptors (Lipinski definition) is 5. The molecule has 0 aliphatic heterocycles. The molecule has 0 atom stereocenters. The van der Waals surface area contributed by atoms with Gasteiger partial charge in [-0.25, -0.2) is 9.59 Å². The van der Waals surface area contributed by atoms with Crippen molar-refractivity contribution in [2.75, 3.05) is 13.7 Å². The van der Waals surface area contributed by atoms with Gasteiger partial charge in [-0.1, -0.05) is 67.8 Å². The van der Waals surface area contributed by atoms with Crippen LogP contribution in [0.2, 0.25) is 0 Å². The lowest BCUT2D eigenvalue weighted by Gasteiger charge is -2.22. The van der Waals surface area contributed by atoms with Crippen molar-refractivity contribution in [3.05, 3.63) is 65.7 Å². The van der Waals surface area contributed by atoms with Crippen molar-refractivity contribution in [1.82, 2.24) is 10.6 Å². The van der Waals surface area contributed by atoms with Crippen LogP contribution >= 0.6 is 0 Å². The number of para-hydroxylation sites is 1. The van der Waals surface area contributed by atoms with Gasteiger partial charge in [-0.15, -0.1) is 0 Å². The summed E-state index contributed by atoms with van der Waals surface area (Å²) in [5.41, 5.74) is 1.61. The Morgan fingerprint density at radius 3 is 2.38 bits per heavy atom. The van der Waals surface area contributed by atoms with Crippen LogP contribution in [0, 0.1) is 0 Å². The monoisotopic (exact) mass is 436 g/mol. The summed E-state index contributed by atoms with van der Waals surface area (Å²) < 4.78 is 10.6. The van der Waals surface area contributed by atoms with Gasteiger partial charge >= 0.3 is 12.0 Å². The molecule has 0 radical (unpaired) electrons. The highest BCUT2D eigenvalue weighted by atomic mass is 16.5. The molecule has 32 heavy (non-hydrogen) atoms. The summed E-state index contributed by atoms with van der Waals surface area (Å²) in [6.07, 6.45) is 6.77. The van der Waals surface area contributed by atoms with E-state index in [-0.39, 0.29) is 11.6 Å². The van der Waals surface area contributed by atoms with Crippen LogP contribution in [0.5, 0.6) is 5.75 Å². The van der Waals surface area contributed by atoms with Gasteiger partial charge in [-0.05, 0) is 30.5 Å². The Balaban J connectivity index is 1.64. The molecule has 168 valence electrons. The Morgan fingerprint density at radius 1 is 0.969 bits per heavy atom. The second-order valence-corrected chi connectivity index (χ2v) is 7.60. The summed E-state index contributed by atoms with van der Waals surface area (Å²) in [6.45, 7) is -0.562. The van der Waals surface area contributed by atoms with Gasteiger partial charge in [0.25, 0.3) is 5.91 Å². The van der Waals surface area contributed by atoms with Gasteiger partial charge in [0.15, 0.2) is 6.61 Å². The zero-order valence-corrected chi connectivity index (χ0v) is 18.1. The molecule has 0 heterocycles. The maximum Gasteiger partial charge on any atom is 0.339 e. The van der Waals surface area contributed by atoms with Gasteiger partial charge in [-0.2, -0.15) is 0 Å². The number of carbonyl (C=O) groups is 3. The van der Waals surface area contributed by atoms with Gasteiger partial charge in [0.1, 0.15) is 5.75 Å². The van der Waals surface area contributed by atoms with E-state index in [4.69, 9.17) is 9.47 Å². The smallest absolute Gasteiger partial charge is 0.339 e. The second-order valence-electron chi connectivity index (χ2n) is 7.60. The number of imide groups is 1. The van der Waals surface area contributed by atoms with E-state index in [2.05, 4.69) is 10.6 Å². The number of hydrogen-bond donors (Lipinski definition) is 2. The Kier molecular flexibility index (Phi) is 8.43. The molecule has 1 aliphatic carbocycles. The molecule has 0 aromatic heterocycles. The topological polar surface area (TPSA) is 93.7 Å². The first-order valence-electron chi connectivity index (χ1n) is 10.7. The first-order chi connectivity index (χ1) is 15.6. The van der Waals surface area contributed by atoms with Crippen LogP contribution in [0.4, 0.5) is 4.79 Å². The molecular weight excluding hydrogens is 408 g/mol. The maximum absolute atomic E-state index is 12.8. The van der Waals surface area contributed by atoms with Gasteiger partial charge in [0, 0.05) is 11.6 Å². The number of esters is 1. The first-order valence-corrected chi connectivity index (χ1v) is 10.7. The molecule has 1 fully saturated rings. The number of ether oxygens (including phenoxy) is 2. The van der Waals surface area contributed by atoms with Crippen molar-refractivity contribution in [3.63, 3.8) is 0 Å². The highest BCUT2D eigenvalue weighted by Gasteiger charge is 2.19. The van der Waals surface area contributed by atoms with Crippen molar-refractivity contribution in [2.45, 2.75) is 38.1 Å². The van der Waals surface area contributed by atoms with Crippen molar-refractivity contribution in [1.29, 1.82) is 0 Å². The highest BCUT2D eigenvalue weighted by molar-refractivity contribution is 6.22. The van der Waals surface area contributed by atoms with Crippen LogP contribution in [0.25, 0.3) is 11.6 Å². The molecule has 2 aromatic carbocycles. The summed E-state index contributed by atoms with van der Waals surface area (Å²) >= 11 is 0. The average Bonchev–Trinajstić information content (AvgIpc) is 2.82. The molecule has 0 unspecified atom stereocenters. The standard InChI is InChI=1S/C25H28N2O5/c1-31-22-15-9-8-12-19(22)16-21(18-10-4-2-5-11-18)24(29)32-17-23(28)27-25(30)26-20-13-6-3-7-14-20/h2,4-5,8-12,15-16,20H,3,6-7,13-14,17H2,1H3,(H2,26,27,28,30). The van der Waals surface area contributed by atoms with Crippen LogP contribution in [0.1, 0.15) is 43.2 Å². The summed E-state index contributed by atoms with van der Waals surface area (Å²) in [5.74, 6) is -0.757. The highest BCUT2D eigenvalue weighted by Crippen LogP contribution is 2.25. The minimum Gasteiger partial charge on any atom is -0.496 e. The van der Waals surface area contributed by atoms with E-state index >= 15 is 0 Å². The number of benzene rings is 2. The van der Waals surface area contributed by atoms with E-state index in [1.165, 1.54) is 6.42 Å². The Labute approximate surface area is 187 Å². The molecule has 2 N–H and O–H groups in total. The van der Waals surface area contributed by atoms with Gasteiger partial charge in [0.05, 0.1) is 12.7 Å². The largest absolute Gasteiger partial charge is 0.496 e. The van der Waals surface area contributed by atoms with Crippen LogP contribution in [-0.4, -0.2) is 37.7 Å². The number of urea groups is 1. The summed E-state index contributed by atoms with van der Waals surface area (Å²) in [6, 6.07) is 15.8. The molecule has 1 saturated carbocycles.